The van der Waals surface area contributed by atoms with Gasteiger partial charge in [0.25, 0.3) is 0 Å². The third-order valence-electron chi connectivity index (χ3n) is 6.76. The first kappa shape index (κ1) is 20.6. The molecule has 172 valence electrons. The lowest BCUT2D eigenvalue weighted by molar-refractivity contribution is -0.119. The van der Waals surface area contributed by atoms with Crippen molar-refractivity contribution in [3.8, 4) is 0 Å². The van der Waals surface area contributed by atoms with Crippen LogP contribution in [0.15, 0.2) is 54.9 Å². The average Bonchev–Trinajstić information content (AvgIpc) is 3.50. The van der Waals surface area contributed by atoms with Crippen molar-refractivity contribution in [3.63, 3.8) is 0 Å². The summed E-state index contributed by atoms with van der Waals surface area (Å²) < 4.78 is 15.6. The van der Waals surface area contributed by atoms with Gasteiger partial charge in [0.1, 0.15) is 5.82 Å². The summed E-state index contributed by atoms with van der Waals surface area (Å²) in [5, 5.41) is 10.8. The highest BCUT2D eigenvalue weighted by molar-refractivity contribution is 6.06. The molecule has 6 rings (SSSR count). The monoisotopic (exact) mass is 457 g/mol. The fraction of sp³-hybridized carbons (Fsp3) is 0.280. The second-order valence-electron chi connectivity index (χ2n) is 9.33. The molecule has 8 nitrogen and oxygen atoms in total. The number of carbonyl (C=O) groups excluding carboxylic acids is 1. The summed E-state index contributed by atoms with van der Waals surface area (Å²) in [4.78, 5) is 23.8. The van der Waals surface area contributed by atoms with Gasteiger partial charge in [-0.3, -0.25) is 4.79 Å². The molecule has 34 heavy (non-hydrogen) atoms. The molecule has 0 aliphatic carbocycles. The van der Waals surface area contributed by atoms with E-state index in [1.165, 1.54) is 6.07 Å². The summed E-state index contributed by atoms with van der Waals surface area (Å²) in [5.74, 6) is 0.898. The highest BCUT2D eigenvalue weighted by atomic mass is 19.1. The summed E-state index contributed by atoms with van der Waals surface area (Å²) in [6, 6.07) is 12.6. The number of carbonyl (C=O) groups is 1. The van der Waals surface area contributed by atoms with Gasteiger partial charge < -0.3 is 15.5 Å². The first-order chi connectivity index (χ1) is 16.4. The fourth-order valence-corrected chi connectivity index (χ4v) is 4.94. The predicted molar refractivity (Wildman–Crippen MR) is 128 cm³/mol. The first-order valence-corrected chi connectivity index (χ1v) is 11.4. The smallest absolute Gasteiger partial charge is 0.247 e. The molecule has 4 aromatic rings. The standard InChI is InChI=1S/C25H24FN7O/c1-25(2)18-9-8-17(14-19(18)29-23(25)34)28-24-30-22-21(27-10-12-33(22)31-24)32-11-4-7-20(32)15-5-3-6-16(26)13-15/h3,5-6,8-10,12-14,20H,4,7,11H2,1-2H3,(H,28,31)(H,29,34). The van der Waals surface area contributed by atoms with Crippen molar-refractivity contribution in [2.24, 2.45) is 0 Å². The minimum Gasteiger partial charge on any atom is -0.346 e. The van der Waals surface area contributed by atoms with Gasteiger partial charge >= 0.3 is 0 Å². The predicted octanol–water partition coefficient (Wildman–Crippen LogP) is 4.58. The van der Waals surface area contributed by atoms with Crippen LogP contribution in [0.3, 0.4) is 0 Å². The van der Waals surface area contributed by atoms with Gasteiger partial charge in [0.2, 0.25) is 11.9 Å². The molecule has 1 atom stereocenters. The minimum absolute atomic E-state index is 0.0142. The number of aromatic nitrogens is 4. The molecule has 1 saturated heterocycles. The molecule has 2 aliphatic rings. The lowest BCUT2D eigenvalue weighted by atomic mass is 9.86. The van der Waals surface area contributed by atoms with Crippen LogP contribution in [0, 0.1) is 5.82 Å². The Hall–Kier alpha value is -4.01. The van der Waals surface area contributed by atoms with Crippen molar-refractivity contribution >= 4 is 34.7 Å². The molecule has 4 heterocycles. The highest BCUT2D eigenvalue weighted by Crippen LogP contribution is 2.39. The van der Waals surface area contributed by atoms with E-state index >= 15 is 0 Å². The van der Waals surface area contributed by atoms with Crippen LogP contribution in [0.5, 0.6) is 0 Å². The molecule has 0 bridgehead atoms. The zero-order valence-electron chi connectivity index (χ0n) is 18.9. The van der Waals surface area contributed by atoms with Crippen molar-refractivity contribution in [2.45, 2.75) is 38.1 Å². The molecular formula is C25H24FN7O. The average molecular weight is 458 g/mol. The third kappa shape index (κ3) is 3.27. The van der Waals surface area contributed by atoms with Crippen molar-refractivity contribution < 1.29 is 9.18 Å². The largest absolute Gasteiger partial charge is 0.346 e. The third-order valence-corrected chi connectivity index (χ3v) is 6.76. The minimum atomic E-state index is -0.552. The van der Waals surface area contributed by atoms with E-state index in [-0.39, 0.29) is 17.8 Å². The molecule has 0 spiro atoms. The molecule has 9 heteroatoms. The zero-order chi connectivity index (χ0) is 23.4. The Labute approximate surface area is 195 Å². The van der Waals surface area contributed by atoms with Crippen molar-refractivity contribution in [1.82, 2.24) is 19.6 Å². The van der Waals surface area contributed by atoms with E-state index in [0.717, 1.165) is 47.7 Å². The van der Waals surface area contributed by atoms with Gasteiger partial charge in [0.05, 0.1) is 11.5 Å². The maximum Gasteiger partial charge on any atom is 0.247 e. The molecule has 2 aliphatic heterocycles. The van der Waals surface area contributed by atoms with Gasteiger partial charge in [0.15, 0.2) is 11.5 Å². The van der Waals surface area contributed by atoms with Crippen LogP contribution < -0.4 is 15.5 Å². The highest BCUT2D eigenvalue weighted by Gasteiger charge is 2.38. The van der Waals surface area contributed by atoms with Crippen LogP contribution in [0.25, 0.3) is 5.65 Å². The Kier molecular flexibility index (Phi) is 4.55. The number of benzene rings is 2. The number of hydrogen-bond acceptors (Lipinski definition) is 6. The van der Waals surface area contributed by atoms with Crippen molar-refractivity contribution in [1.29, 1.82) is 0 Å². The number of hydrogen-bond donors (Lipinski definition) is 2. The van der Waals surface area contributed by atoms with Crippen LogP contribution in [-0.2, 0) is 10.2 Å². The Morgan fingerprint density at radius 3 is 2.94 bits per heavy atom. The number of halogens is 1. The number of amides is 1. The van der Waals surface area contributed by atoms with E-state index in [0.29, 0.717) is 11.6 Å². The van der Waals surface area contributed by atoms with Gasteiger partial charge in [-0.1, -0.05) is 18.2 Å². The summed E-state index contributed by atoms with van der Waals surface area (Å²) in [6.07, 6.45) is 5.37. The van der Waals surface area contributed by atoms with Crippen LogP contribution in [0.4, 0.5) is 27.5 Å². The Balaban J connectivity index is 1.32. The molecule has 1 unspecified atom stereocenters. The molecule has 1 fully saturated rings. The molecule has 2 N–H and O–H groups in total. The number of anilines is 4. The van der Waals surface area contributed by atoms with Crippen LogP contribution in [0.1, 0.15) is 43.9 Å². The zero-order valence-corrected chi connectivity index (χ0v) is 18.9. The van der Waals surface area contributed by atoms with Gasteiger partial charge in [0, 0.05) is 30.3 Å². The van der Waals surface area contributed by atoms with E-state index < -0.39 is 5.41 Å². The molecule has 1 amide bonds. The number of fused-ring (bicyclic) bond motifs is 2. The number of rotatable bonds is 4. The Morgan fingerprint density at radius 2 is 2.09 bits per heavy atom. The lowest BCUT2D eigenvalue weighted by Gasteiger charge is -2.26. The van der Waals surface area contributed by atoms with Gasteiger partial charge in [-0.25, -0.2) is 13.9 Å². The number of nitrogens with zero attached hydrogens (tertiary/aromatic N) is 5. The quantitative estimate of drug-likeness (QED) is 0.467. The molecule has 0 radical (unpaired) electrons. The second kappa shape index (κ2) is 7.51. The van der Waals surface area contributed by atoms with Gasteiger partial charge in [-0.05, 0) is 62.1 Å². The summed E-state index contributed by atoms with van der Waals surface area (Å²) in [7, 11) is 0. The maximum absolute atomic E-state index is 13.9. The second-order valence-corrected chi connectivity index (χ2v) is 9.33. The Bertz CT molecular complexity index is 1430. The van der Waals surface area contributed by atoms with Crippen molar-refractivity contribution in [3.05, 3.63) is 71.8 Å². The molecule has 2 aromatic heterocycles. The first-order valence-electron chi connectivity index (χ1n) is 11.4. The van der Waals surface area contributed by atoms with Crippen LogP contribution >= 0.6 is 0 Å². The molecular weight excluding hydrogens is 433 g/mol. The van der Waals surface area contributed by atoms with E-state index in [2.05, 4.69) is 25.6 Å². The lowest BCUT2D eigenvalue weighted by Crippen LogP contribution is -2.26. The number of nitrogens with one attached hydrogen (secondary N) is 2. The molecule has 2 aromatic carbocycles. The van der Waals surface area contributed by atoms with Crippen molar-refractivity contribution in [2.75, 3.05) is 22.1 Å². The van der Waals surface area contributed by atoms with Crippen LogP contribution in [-0.4, -0.2) is 32.0 Å². The SMILES string of the molecule is CC1(C)C(=O)Nc2cc(Nc3nc4c(N5CCCC5c5cccc(F)c5)nccn4n3)ccc21. The van der Waals surface area contributed by atoms with E-state index in [1.807, 2.05) is 38.1 Å². The summed E-state index contributed by atoms with van der Waals surface area (Å²) >= 11 is 0. The summed E-state index contributed by atoms with van der Waals surface area (Å²) in [6.45, 7) is 4.63. The molecule has 0 saturated carbocycles. The normalized spacial score (nSPS) is 18.9. The van der Waals surface area contributed by atoms with E-state index in [9.17, 15) is 9.18 Å². The van der Waals surface area contributed by atoms with Crippen LogP contribution in [0.2, 0.25) is 0 Å². The van der Waals surface area contributed by atoms with E-state index in [4.69, 9.17) is 4.98 Å². The Morgan fingerprint density at radius 1 is 1.21 bits per heavy atom. The van der Waals surface area contributed by atoms with E-state index in [1.54, 1.807) is 29.0 Å². The topological polar surface area (TPSA) is 87.5 Å². The maximum atomic E-state index is 13.9. The van der Waals surface area contributed by atoms with Gasteiger partial charge in [-0.15, -0.1) is 5.10 Å². The van der Waals surface area contributed by atoms with Gasteiger partial charge in [-0.2, -0.15) is 4.98 Å². The fourth-order valence-electron chi connectivity index (χ4n) is 4.94. The summed E-state index contributed by atoms with van der Waals surface area (Å²) in [5.41, 5.74) is 3.55.